The second kappa shape index (κ2) is 6.37. The van der Waals surface area contributed by atoms with Crippen LogP contribution < -0.4 is 5.32 Å². The predicted molar refractivity (Wildman–Crippen MR) is 98.8 cm³/mol. The molecule has 0 radical (unpaired) electrons. The number of nitrogens with zero attached hydrogens (tertiary/aromatic N) is 3. The highest BCUT2D eigenvalue weighted by atomic mass is 35.5. The smallest absolute Gasteiger partial charge is 0.307 e. The molecule has 0 saturated carbocycles. The maximum Gasteiger partial charge on any atom is 0.331 e. The van der Waals surface area contributed by atoms with E-state index < -0.39 is 0 Å². The van der Waals surface area contributed by atoms with Gasteiger partial charge in [-0.2, -0.15) is 0 Å². The Morgan fingerprint density at radius 2 is 1.96 bits per heavy atom. The molecule has 2 heterocycles. The van der Waals surface area contributed by atoms with E-state index in [1.54, 1.807) is 30.7 Å². The van der Waals surface area contributed by atoms with Gasteiger partial charge in [0.05, 0.1) is 10.7 Å². The van der Waals surface area contributed by atoms with Gasteiger partial charge in [-0.1, -0.05) is 35.9 Å². The quantitative estimate of drug-likeness (QED) is 0.564. The van der Waals surface area contributed by atoms with Gasteiger partial charge in [-0.25, -0.2) is 9.78 Å². The molecule has 0 aliphatic rings. The summed E-state index contributed by atoms with van der Waals surface area (Å²) in [6, 6.07) is 15.0. The number of carbonyl (C=O) groups is 1. The number of pyridine rings is 1. The number of imidazole rings is 1. The topological polar surface area (TPSA) is 59.8 Å². The van der Waals surface area contributed by atoms with E-state index >= 15 is 0 Å². The molecule has 0 atom stereocenters. The molecule has 0 fully saturated rings. The number of rotatable bonds is 2. The van der Waals surface area contributed by atoms with Gasteiger partial charge in [0.2, 0.25) is 0 Å². The van der Waals surface area contributed by atoms with Crippen LogP contribution in [0.2, 0.25) is 5.02 Å². The normalized spacial score (nSPS) is 10.8. The van der Waals surface area contributed by atoms with E-state index in [1.165, 1.54) is 10.9 Å². The summed E-state index contributed by atoms with van der Waals surface area (Å²) in [5.74, 6) is 0. The summed E-state index contributed by atoms with van der Waals surface area (Å²) in [5.41, 5.74) is 2.18. The van der Waals surface area contributed by atoms with E-state index in [1.807, 2.05) is 36.4 Å². The number of aromatic nitrogens is 3. The number of anilines is 1. The molecule has 2 aromatic heterocycles. The third-order valence-corrected chi connectivity index (χ3v) is 4.21. The second-order valence-electron chi connectivity index (χ2n) is 5.48. The number of hydrogen-bond acceptors (Lipinski definition) is 3. The van der Waals surface area contributed by atoms with E-state index in [2.05, 4.69) is 15.3 Å². The molecule has 6 heteroatoms. The number of hydrogen-bond donors (Lipinski definition) is 1. The van der Waals surface area contributed by atoms with Crippen molar-refractivity contribution in [2.45, 2.75) is 0 Å². The summed E-state index contributed by atoms with van der Waals surface area (Å²) in [5, 5.41) is 5.49. The predicted octanol–water partition coefficient (Wildman–Crippen LogP) is 4.83. The van der Waals surface area contributed by atoms with Crippen LogP contribution in [0.4, 0.5) is 10.5 Å². The second-order valence-corrected chi connectivity index (χ2v) is 5.88. The fourth-order valence-corrected chi connectivity index (χ4v) is 2.89. The summed E-state index contributed by atoms with van der Waals surface area (Å²) in [4.78, 5) is 20.5. The Hall–Kier alpha value is -3.18. The van der Waals surface area contributed by atoms with Crippen LogP contribution in [0.1, 0.15) is 0 Å². The lowest BCUT2D eigenvalue weighted by Crippen LogP contribution is -2.17. The molecule has 0 aliphatic heterocycles. The summed E-state index contributed by atoms with van der Waals surface area (Å²) in [6.45, 7) is 0. The average Bonchev–Trinajstić information content (AvgIpc) is 3.18. The Balaban J connectivity index is 1.76. The van der Waals surface area contributed by atoms with Gasteiger partial charge in [-0.3, -0.25) is 9.55 Å². The molecule has 0 saturated heterocycles. The van der Waals surface area contributed by atoms with Crippen LogP contribution in [0, 0.1) is 0 Å². The van der Waals surface area contributed by atoms with Crippen LogP contribution in [0.15, 0.2) is 73.4 Å². The Bertz CT molecular complexity index is 1050. The lowest BCUT2D eigenvalue weighted by atomic mass is 10.0. The molecule has 1 N–H and O–H groups in total. The minimum atomic E-state index is -0.295. The van der Waals surface area contributed by atoms with Crippen LogP contribution >= 0.6 is 11.6 Å². The average molecular weight is 349 g/mol. The number of carbonyl (C=O) groups excluding carboxylic acids is 1. The monoisotopic (exact) mass is 348 g/mol. The van der Waals surface area contributed by atoms with Gasteiger partial charge in [-0.15, -0.1) is 0 Å². The van der Waals surface area contributed by atoms with Gasteiger partial charge in [0.25, 0.3) is 0 Å². The van der Waals surface area contributed by atoms with E-state index in [9.17, 15) is 4.79 Å². The van der Waals surface area contributed by atoms with Crippen LogP contribution in [0.25, 0.3) is 22.0 Å². The van der Waals surface area contributed by atoms with E-state index in [-0.39, 0.29) is 6.03 Å². The van der Waals surface area contributed by atoms with Crippen molar-refractivity contribution in [2.24, 2.45) is 0 Å². The SMILES string of the molecule is O=C(Nc1ccc(Cl)c(-c2nccc3ccccc23)c1)n1ccnc1. The van der Waals surface area contributed by atoms with Crippen molar-refractivity contribution >= 4 is 34.1 Å². The summed E-state index contributed by atoms with van der Waals surface area (Å²) >= 11 is 6.40. The van der Waals surface area contributed by atoms with E-state index in [4.69, 9.17) is 11.6 Å². The lowest BCUT2D eigenvalue weighted by Gasteiger charge is -2.11. The fraction of sp³-hybridized carbons (Fsp3) is 0. The van der Waals surface area contributed by atoms with Gasteiger partial charge in [-0.05, 0) is 29.7 Å². The Morgan fingerprint density at radius 3 is 2.80 bits per heavy atom. The zero-order chi connectivity index (χ0) is 17.2. The maximum absolute atomic E-state index is 12.2. The van der Waals surface area contributed by atoms with Crippen molar-refractivity contribution in [2.75, 3.05) is 5.32 Å². The molecule has 0 unspecified atom stereocenters. The fourth-order valence-electron chi connectivity index (χ4n) is 2.69. The lowest BCUT2D eigenvalue weighted by molar-refractivity contribution is 0.253. The zero-order valence-electron chi connectivity index (χ0n) is 13.1. The van der Waals surface area contributed by atoms with Crippen molar-refractivity contribution < 1.29 is 4.79 Å². The Labute approximate surface area is 148 Å². The summed E-state index contributed by atoms with van der Waals surface area (Å²) < 4.78 is 1.37. The number of nitrogens with one attached hydrogen (secondary N) is 1. The first-order valence-corrected chi connectivity index (χ1v) is 8.03. The largest absolute Gasteiger partial charge is 0.331 e. The molecule has 1 amide bonds. The zero-order valence-corrected chi connectivity index (χ0v) is 13.8. The molecule has 0 spiro atoms. The van der Waals surface area contributed by atoms with Crippen LogP contribution in [-0.2, 0) is 0 Å². The van der Waals surface area contributed by atoms with E-state index in [0.29, 0.717) is 10.7 Å². The van der Waals surface area contributed by atoms with Crippen LogP contribution in [-0.4, -0.2) is 20.6 Å². The number of benzene rings is 2. The van der Waals surface area contributed by atoms with Crippen LogP contribution in [0.3, 0.4) is 0 Å². The van der Waals surface area contributed by atoms with Gasteiger partial charge in [0, 0.05) is 35.2 Å². The first kappa shape index (κ1) is 15.4. The molecule has 0 aliphatic carbocycles. The van der Waals surface area contributed by atoms with Crippen molar-refractivity contribution in [3.63, 3.8) is 0 Å². The Morgan fingerprint density at radius 1 is 1.08 bits per heavy atom. The molecule has 5 nitrogen and oxygen atoms in total. The molecule has 122 valence electrons. The highest BCUT2D eigenvalue weighted by Gasteiger charge is 2.11. The molecular weight excluding hydrogens is 336 g/mol. The summed E-state index contributed by atoms with van der Waals surface area (Å²) in [6.07, 6.45) is 6.33. The highest BCUT2D eigenvalue weighted by molar-refractivity contribution is 6.33. The van der Waals surface area contributed by atoms with Gasteiger partial charge >= 0.3 is 6.03 Å². The standard InChI is InChI=1S/C19H13ClN4O/c20-17-6-5-14(23-19(25)24-10-9-21-12-24)11-16(17)18-15-4-2-1-3-13(15)7-8-22-18/h1-12H,(H,23,25). The number of amides is 1. The van der Waals surface area contributed by atoms with Gasteiger partial charge in [0.1, 0.15) is 6.33 Å². The van der Waals surface area contributed by atoms with Crippen molar-refractivity contribution in [3.05, 3.63) is 78.5 Å². The molecular formula is C19H13ClN4O. The van der Waals surface area contributed by atoms with Crippen LogP contribution in [0.5, 0.6) is 0 Å². The molecule has 4 rings (SSSR count). The minimum Gasteiger partial charge on any atom is -0.307 e. The Kier molecular flexibility index (Phi) is 3.91. The third-order valence-electron chi connectivity index (χ3n) is 3.89. The molecule has 4 aromatic rings. The minimum absolute atomic E-state index is 0.295. The number of fused-ring (bicyclic) bond motifs is 1. The molecule has 0 bridgehead atoms. The van der Waals surface area contributed by atoms with Crippen molar-refractivity contribution in [1.29, 1.82) is 0 Å². The molecule has 25 heavy (non-hydrogen) atoms. The number of halogens is 1. The summed E-state index contributed by atoms with van der Waals surface area (Å²) in [7, 11) is 0. The van der Waals surface area contributed by atoms with Crippen molar-refractivity contribution in [3.8, 4) is 11.3 Å². The van der Waals surface area contributed by atoms with Gasteiger partial charge < -0.3 is 5.32 Å². The van der Waals surface area contributed by atoms with Gasteiger partial charge in [0.15, 0.2) is 0 Å². The third kappa shape index (κ3) is 2.97. The van der Waals surface area contributed by atoms with E-state index in [0.717, 1.165) is 22.0 Å². The first-order valence-electron chi connectivity index (χ1n) is 7.65. The maximum atomic E-state index is 12.2. The molecule has 2 aromatic carbocycles. The first-order chi connectivity index (χ1) is 12.2. The highest BCUT2D eigenvalue weighted by Crippen LogP contribution is 2.33. The van der Waals surface area contributed by atoms with Crippen molar-refractivity contribution in [1.82, 2.24) is 14.5 Å².